The highest BCUT2D eigenvalue weighted by atomic mass is 16.5. The maximum atomic E-state index is 11.1. The molecule has 12 heavy (non-hydrogen) atoms. The molecule has 0 aliphatic carbocycles. The third kappa shape index (κ3) is 1.67. The average Bonchev–Trinajstić information content (AvgIpc) is 2.38. The van der Waals surface area contributed by atoms with Crippen molar-refractivity contribution < 1.29 is 14.3 Å². The van der Waals surface area contributed by atoms with Crippen LogP contribution in [0.1, 0.15) is 20.3 Å². The topological polar surface area (TPSA) is 35.5 Å². The number of hydrogen-bond donors (Lipinski definition) is 0. The van der Waals surface area contributed by atoms with E-state index in [-0.39, 0.29) is 30.5 Å². The monoisotopic (exact) mass is 172 g/mol. The predicted octanol–water partition coefficient (Wildman–Crippen LogP) is 1.02. The minimum absolute atomic E-state index is 0.00472. The van der Waals surface area contributed by atoms with Gasteiger partial charge in [-0.2, -0.15) is 0 Å². The summed E-state index contributed by atoms with van der Waals surface area (Å²) in [4.78, 5) is 11.1. The highest BCUT2D eigenvalue weighted by Gasteiger charge is 2.36. The molecule has 1 fully saturated rings. The van der Waals surface area contributed by atoms with E-state index in [4.69, 9.17) is 9.47 Å². The zero-order valence-electron chi connectivity index (χ0n) is 7.87. The van der Waals surface area contributed by atoms with E-state index < -0.39 is 0 Å². The average molecular weight is 172 g/mol. The van der Waals surface area contributed by atoms with Crippen LogP contribution in [0.3, 0.4) is 0 Å². The molecule has 0 aromatic rings. The number of carbonyl (C=O) groups is 1. The molecule has 0 bridgehead atoms. The second kappa shape index (κ2) is 4.01. The molecular formula is C9H16O3. The zero-order chi connectivity index (χ0) is 9.14. The lowest BCUT2D eigenvalue weighted by Crippen LogP contribution is -2.32. The Bertz CT molecular complexity index is 163. The minimum atomic E-state index is -0.0347. The van der Waals surface area contributed by atoms with Gasteiger partial charge in [0.15, 0.2) is 5.78 Å². The van der Waals surface area contributed by atoms with Gasteiger partial charge in [0, 0.05) is 13.0 Å². The Kier molecular flexibility index (Phi) is 3.23. The van der Waals surface area contributed by atoms with Crippen LogP contribution in [0.4, 0.5) is 0 Å². The Morgan fingerprint density at radius 1 is 1.75 bits per heavy atom. The number of methoxy groups -OCH3 is 1. The number of ketones is 1. The molecule has 0 N–H and O–H groups in total. The fourth-order valence-electron chi connectivity index (χ4n) is 1.60. The van der Waals surface area contributed by atoms with Crippen LogP contribution in [0.25, 0.3) is 0 Å². The molecule has 3 heteroatoms. The molecule has 3 unspecified atom stereocenters. The van der Waals surface area contributed by atoms with Gasteiger partial charge in [0.1, 0.15) is 6.61 Å². The molecule has 3 atom stereocenters. The molecule has 1 saturated heterocycles. The Morgan fingerprint density at radius 2 is 2.42 bits per heavy atom. The molecule has 0 amide bonds. The molecule has 70 valence electrons. The molecule has 0 aromatic heterocycles. The minimum Gasteiger partial charge on any atom is -0.379 e. The van der Waals surface area contributed by atoms with E-state index in [2.05, 4.69) is 0 Å². The van der Waals surface area contributed by atoms with Gasteiger partial charge in [-0.15, -0.1) is 0 Å². The summed E-state index contributed by atoms with van der Waals surface area (Å²) >= 11 is 0. The standard InChI is InChI=1S/C9H16O3/c1-4-8(11-3)9-6(2)7(10)5-12-9/h6,8-9H,4-5H2,1-3H3. The summed E-state index contributed by atoms with van der Waals surface area (Å²) < 4.78 is 10.6. The van der Waals surface area contributed by atoms with Gasteiger partial charge in [0.05, 0.1) is 12.2 Å². The van der Waals surface area contributed by atoms with Crippen LogP contribution >= 0.6 is 0 Å². The van der Waals surface area contributed by atoms with Crippen LogP contribution in [0, 0.1) is 5.92 Å². The molecule has 1 aliphatic rings. The van der Waals surface area contributed by atoms with Gasteiger partial charge in [0.2, 0.25) is 0 Å². The smallest absolute Gasteiger partial charge is 0.163 e. The van der Waals surface area contributed by atoms with Crippen LogP contribution in [-0.2, 0) is 14.3 Å². The van der Waals surface area contributed by atoms with Crippen LogP contribution in [0.5, 0.6) is 0 Å². The van der Waals surface area contributed by atoms with Crippen molar-refractivity contribution in [3.8, 4) is 0 Å². The van der Waals surface area contributed by atoms with E-state index in [9.17, 15) is 4.79 Å². The second-order valence-electron chi connectivity index (χ2n) is 3.21. The predicted molar refractivity (Wildman–Crippen MR) is 45.0 cm³/mol. The highest BCUT2D eigenvalue weighted by Crippen LogP contribution is 2.23. The number of ether oxygens (including phenoxy) is 2. The second-order valence-corrected chi connectivity index (χ2v) is 3.21. The maximum Gasteiger partial charge on any atom is 0.163 e. The Balaban J connectivity index is 2.57. The summed E-state index contributed by atoms with van der Waals surface area (Å²) in [5.74, 6) is 0.186. The van der Waals surface area contributed by atoms with E-state index in [0.717, 1.165) is 6.42 Å². The van der Waals surface area contributed by atoms with Crippen molar-refractivity contribution in [2.24, 2.45) is 5.92 Å². The normalized spacial score (nSPS) is 32.4. The molecule has 1 rings (SSSR count). The SMILES string of the molecule is CCC(OC)C1OCC(=O)C1C. The number of rotatable bonds is 3. The summed E-state index contributed by atoms with van der Waals surface area (Å²) in [6.45, 7) is 4.19. The van der Waals surface area contributed by atoms with Crippen molar-refractivity contribution >= 4 is 5.78 Å². The number of carbonyl (C=O) groups excluding carboxylic acids is 1. The van der Waals surface area contributed by atoms with Crippen molar-refractivity contribution in [2.75, 3.05) is 13.7 Å². The van der Waals surface area contributed by atoms with Crippen molar-refractivity contribution in [1.29, 1.82) is 0 Å². The Labute approximate surface area is 73.0 Å². The fraction of sp³-hybridized carbons (Fsp3) is 0.889. The lowest BCUT2D eigenvalue weighted by Gasteiger charge is -2.22. The van der Waals surface area contributed by atoms with E-state index in [1.165, 1.54) is 0 Å². The molecule has 1 aliphatic heterocycles. The lowest BCUT2D eigenvalue weighted by atomic mass is 9.97. The van der Waals surface area contributed by atoms with Crippen molar-refractivity contribution in [2.45, 2.75) is 32.5 Å². The molecule has 1 heterocycles. The number of Topliss-reactive ketones (excluding diaryl/α,β-unsaturated/α-hetero) is 1. The molecular weight excluding hydrogens is 156 g/mol. The van der Waals surface area contributed by atoms with Crippen LogP contribution in [0.15, 0.2) is 0 Å². The van der Waals surface area contributed by atoms with E-state index in [1.807, 2.05) is 13.8 Å². The van der Waals surface area contributed by atoms with E-state index >= 15 is 0 Å². The third-order valence-corrected chi connectivity index (χ3v) is 2.49. The van der Waals surface area contributed by atoms with Gasteiger partial charge in [-0.25, -0.2) is 0 Å². The summed E-state index contributed by atoms with van der Waals surface area (Å²) in [5.41, 5.74) is 0. The van der Waals surface area contributed by atoms with Gasteiger partial charge in [0.25, 0.3) is 0 Å². The first-order valence-electron chi connectivity index (χ1n) is 4.37. The van der Waals surface area contributed by atoms with Gasteiger partial charge in [-0.05, 0) is 6.42 Å². The highest BCUT2D eigenvalue weighted by molar-refractivity contribution is 5.84. The Hall–Kier alpha value is -0.410. The fourth-order valence-corrected chi connectivity index (χ4v) is 1.60. The van der Waals surface area contributed by atoms with Crippen molar-refractivity contribution in [1.82, 2.24) is 0 Å². The molecule has 0 aromatic carbocycles. The molecule has 0 saturated carbocycles. The molecule has 0 spiro atoms. The number of hydrogen-bond acceptors (Lipinski definition) is 3. The van der Waals surface area contributed by atoms with Gasteiger partial charge < -0.3 is 9.47 Å². The van der Waals surface area contributed by atoms with Crippen LogP contribution in [0.2, 0.25) is 0 Å². The van der Waals surface area contributed by atoms with Crippen molar-refractivity contribution in [3.05, 3.63) is 0 Å². The third-order valence-electron chi connectivity index (χ3n) is 2.49. The van der Waals surface area contributed by atoms with E-state index in [0.29, 0.717) is 0 Å². The van der Waals surface area contributed by atoms with Crippen molar-refractivity contribution in [3.63, 3.8) is 0 Å². The zero-order valence-corrected chi connectivity index (χ0v) is 7.87. The molecule has 0 radical (unpaired) electrons. The lowest BCUT2D eigenvalue weighted by molar-refractivity contribution is -0.120. The summed E-state index contributed by atoms with van der Waals surface area (Å²) in [5, 5.41) is 0. The Morgan fingerprint density at radius 3 is 2.75 bits per heavy atom. The maximum absolute atomic E-state index is 11.1. The largest absolute Gasteiger partial charge is 0.379 e. The van der Waals surface area contributed by atoms with Gasteiger partial charge in [-0.1, -0.05) is 13.8 Å². The van der Waals surface area contributed by atoms with Gasteiger partial charge >= 0.3 is 0 Å². The summed E-state index contributed by atoms with van der Waals surface area (Å²) in [6.07, 6.45) is 0.914. The quantitative estimate of drug-likeness (QED) is 0.637. The van der Waals surface area contributed by atoms with Crippen LogP contribution in [-0.4, -0.2) is 31.7 Å². The molecule has 3 nitrogen and oxygen atoms in total. The summed E-state index contributed by atoms with van der Waals surface area (Å²) in [6, 6.07) is 0. The van der Waals surface area contributed by atoms with E-state index in [1.54, 1.807) is 7.11 Å². The first-order chi connectivity index (χ1) is 5.70. The van der Waals surface area contributed by atoms with Crippen LogP contribution < -0.4 is 0 Å². The first kappa shape index (κ1) is 9.68. The summed E-state index contributed by atoms with van der Waals surface area (Å²) in [7, 11) is 1.66. The van der Waals surface area contributed by atoms with Gasteiger partial charge in [-0.3, -0.25) is 4.79 Å². The first-order valence-corrected chi connectivity index (χ1v) is 4.37.